The minimum absolute atomic E-state index is 0.397. The van der Waals surface area contributed by atoms with Crippen LogP contribution < -0.4 is 10.6 Å². The van der Waals surface area contributed by atoms with Crippen molar-refractivity contribution in [3.63, 3.8) is 0 Å². The maximum absolute atomic E-state index is 3.75. The van der Waals surface area contributed by atoms with E-state index in [9.17, 15) is 0 Å². The predicted molar refractivity (Wildman–Crippen MR) is 84.0 cm³/mol. The van der Waals surface area contributed by atoms with Gasteiger partial charge in [0.2, 0.25) is 0 Å². The number of aryl methyl sites for hydroxylation is 1. The summed E-state index contributed by atoms with van der Waals surface area (Å²) in [6.07, 6.45) is 5.08. The van der Waals surface area contributed by atoms with Crippen molar-refractivity contribution in [2.45, 2.75) is 31.2 Å². The molecule has 3 heteroatoms. The van der Waals surface area contributed by atoms with Crippen molar-refractivity contribution in [2.75, 3.05) is 39.3 Å². The molecule has 0 bridgehead atoms. The van der Waals surface area contributed by atoms with Gasteiger partial charge in [-0.15, -0.1) is 0 Å². The Morgan fingerprint density at radius 2 is 1.85 bits per heavy atom. The van der Waals surface area contributed by atoms with E-state index < -0.39 is 0 Å². The van der Waals surface area contributed by atoms with E-state index in [0.717, 1.165) is 19.6 Å². The molecule has 1 aromatic carbocycles. The third-order valence-electron chi connectivity index (χ3n) is 4.86. The predicted octanol–water partition coefficient (Wildman–Crippen LogP) is 1.65. The fourth-order valence-electron chi connectivity index (χ4n) is 3.52. The van der Waals surface area contributed by atoms with E-state index in [4.69, 9.17) is 0 Å². The number of benzene rings is 1. The molecular formula is C17H27N3. The van der Waals surface area contributed by atoms with Crippen LogP contribution in [0.25, 0.3) is 0 Å². The zero-order valence-corrected chi connectivity index (χ0v) is 12.4. The number of hydrogen-bond acceptors (Lipinski definition) is 3. The highest BCUT2D eigenvalue weighted by atomic mass is 15.2. The highest BCUT2D eigenvalue weighted by molar-refractivity contribution is 5.14. The van der Waals surface area contributed by atoms with Gasteiger partial charge in [0.1, 0.15) is 0 Å². The van der Waals surface area contributed by atoms with Crippen molar-refractivity contribution in [3.8, 4) is 0 Å². The van der Waals surface area contributed by atoms with Crippen molar-refractivity contribution >= 4 is 0 Å². The van der Waals surface area contributed by atoms with Gasteiger partial charge in [0.25, 0.3) is 0 Å². The lowest BCUT2D eigenvalue weighted by Gasteiger charge is -2.45. The summed E-state index contributed by atoms with van der Waals surface area (Å²) in [5, 5.41) is 7.29. The smallest absolute Gasteiger partial charge is 0.0331 e. The van der Waals surface area contributed by atoms with Gasteiger partial charge in [0.15, 0.2) is 0 Å². The van der Waals surface area contributed by atoms with Gasteiger partial charge in [0.05, 0.1) is 0 Å². The number of likely N-dealkylation sites (tertiary alicyclic amines) is 1. The Labute approximate surface area is 122 Å². The molecule has 3 rings (SSSR count). The summed E-state index contributed by atoms with van der Waals surface area (Å²) in [6, 6.07) is 10.9. The summed E-state index contributed by atoms with van der Waals surface area (Å²) in [5.41, 5.74) is 1.87. The molecule has 0 saturated carbocycles. The van der Waals surface area contributed by atoms with Crippen LogP contribution in [0.1, 0.15) is 24.8 Å². The van der Waals surface area contributed by atoms with Gasteiger partial charge in [0, 0.05) is 25.2 Å². The fraction of sp³-hybridized carbons (Fsp3) is 0.647. The van der Waals surface area contributed by atoms with E-state index in [1.807, 2.05) is 0 Å². The third kappa shape index (κ3) is 3.60. The average molecular weight is 273 g/mol. The quantitative estimate of drug-likeness (QED) is 0.873. The topological polar surface area (TPSA) is 27.3 Å². The van der Waals surface area contributed by atoms with Crippen LogP contribution in [0, 0.1) is 0 Å². The molecule has 0 aromatic heterocycles. The summed E-state index contributed by atoms with van der Waals surface area (Å²) in [7, 11) is 0. The molecule has 0 radical (unpaired) electrons. The first kappa shape index (κ1) is 14.1. The first-order valence-corrected chi connectivity index (χ1v) is 8.08. The van der Waals surface area contributed by atoms with Gasteiger partial charge in [-0.05, 0) is 50.9 Å². The lowest BCUT2D eigenvalue weighted by Crippen LogP contribution is -2.63. The minimum atomic E-state index is 0.397. The lowest BCUT2D eigenvalue weighted by atomic mass is 9.86. The highest BCUT2D eigenvalue weighted by Gasteiger charge is 2.34. The first-order chi connectivity index (χ1) is 9.86. The number of piperazine rings is 1. The van der Waals surface area contributed by atoms with E-state index in [1.54, 1.807) is 0 Å². The third-order valence-corrected chi connectivity index (χ3v) is 4.86. The first-order valence-electron chi connectivity index (χ1n) is 8.08. The molecule has 2 aliphatic heterocycles. The second-order valence-corrected chi connectivity index (χ2v) is 6.31. The monoisotopic (exact) mass is 273 g/mol. The lowest BCUT2D eigenvalue weighted by molar-refractivity contribution is 0.120. The summed E-state index contributed by atoms with van der Waals surface area (Å²) in [5.74, 6) is 0. The van der Waals surface area contributed by atoms with Gasteiger partial charge in [-0.25, -0.2) is 0 Å². The van der Waals surface area contributed by atoms with Crippen LogP contribution in [-0.4, -0.2) is 49.7 Å². The molecule has 3 nitrogen and oxygen atoms in total. The van der Waals surface area contributed by atoms with Crippen molar-refractivity contribution in [3.05, 3.63) is 35.9 Å². The minimum Gasteiger partial charge on any atom is -0.314 e. The highest BCUT2D eigenvalue weighted by Crippen LogP contribution is 2.23. The maximum Gasteiger partial charge on any atom is 0.0331 e. The molecule has 2 N–H and O–H groups in total. The average Bonchev–Trinajstić information content (AvgIpc) is 2.52. The zero-order chi connectivity index (χ0) is 13.7. The van der Waals surface area contributed by atoms with Crippen LogP contribution in [0.2, 0.25) is 0 Å². The SMILES string of the molecule is c1ccc(CCCN2CCC3(CC2)CNCCN3)cc1. The van der Waals surface area contributed by atoms with Crippen LogP contribution in [0.5, 0.6) is 0 Å². The van der Waals surface area contributed by atoms with Gasteiger partial charge < -0.3 is 15.5 Å². The second kappa shape index (κ2) is 6.70. The second-order valence-electron chi connectivity index (χ2n) is 6.31. The fourth-order valence-corrected chi connectivity index (χ4v) is 3.52. The largest absolute Gasteiger partial charge is 0.314 e. The summed E-state index contributed by atoms with van der Waals surface area (Å²) in [4.78, 5) is 2.64. The summed E-state index contributed by atoms with van der Waals surface area (Å²) in [6.45, 7) is 7.17. The van der Waals surface area contributed by atoms with Gasteiger partial charge in [-0.1, -0.05) is 30.3 Å². The molecule has 2 heterocycles. The van der Waals surface area contributed by atoms with Gasteiger partial charge in [-0.2, -0.15) is 0 Å². The molecule has 2 saturated heterocycles. The Morgan fingerprint density at radius 1 is 1.05 bits per heavy atom. The summed E-state index contributed by atoms with van der Waals surface area (Å²) < 4.78 is 0. The summed E-state index contributed by atoms with van der Waals surface area (Å²) >= 11 is 0. The van der Waals surface area contributed by atoms with E-state index >= 15 is 0 Å². The Morgan fingerprint density at radius 3 is 2.55 bits per heavy atom. The number of nitrogens with zero attached hydrogens (tertiary/aromatic N) is 1. The number of rotatable bonds is 4. The zero-order valence-electron chi connectivity index (χ0n) is 12.4. The molecular weight excluding hydrogens is 246 g/mol. The molecule has 0 aliphatic carbocycles. The molecule has 0 atom stereocenters. The van der Waals surface area contributed by atoms with Crippen molar-refractivity contribution in [1.82, 2.24) is 15.5 Å². The molecule has 2 aliphatic rings. The molecule has 0 amide bonds. The Bertz CT molecular complexity index is 388. The van der Waals surface area contributed by atoms with Crippen LogP contribution in [0.4, 0.5) is 0 Å². The Balaban J connectivity index is 1.38. The standard InChI is InChI=1S/C17H27N3/c1-2-5-16(6-3-1)7-4-12-20-13-8-17(9-14-20)15-18-10-11-19-17/h1-3,5-6,18-19H,4,7-15H2. The molecule has 1 aromatic rings. The van der Waals surface area contributed by atoms with Crippen molar-refractivity contribution in [1.29, 1.82) is 0 Å². The van der Waals surface area contributed by atoms with Crippen LogP contribution >= 0.6 is 0 Å². The molecule has 0 unspecified atom stereocenters. The molecule has 110 valence electrons. The molecule has 20 heavy (non-hydrogen) atoms. The Hall–Kier alpha value is -0.900. The number of nitrogens with one attached hydrogen (secondary N) is 2. The van der Waals surface area contributed by atoms with E-state index in [1.165, 1.54) is 50.9 Å². The number of hydrogen-bond donors (Lipinski definition) is 2. The maximum atomic E-state index is 3.75. The van der Waals surface area contributed by atoms with Crippen LogP contribution in [0.3, 0.4) is 0 Å². The van der Waals surface area contributed by atoms with Crippen LogP contribution in [0.15, 0.2) is 30.3 Å². The van der Waals surface area contributed by atoms with E-state index in [2.05, 4.69) is 45.9 Å². The van der Waals surface area contributed by atoms with E-state index in [0.29, 0.717) is 5.54 Å². The van der Waals surface area contributed by atoms with Gasteiger partial charge >= 0.3 is 0 Å². The number of piperidine rings is 1. The van der Waals surface area contributed by atoms with Gasteiger partial charge in [-0.3, -0.25) is 0 Å². The molecule has 1 spiro atoms. The van der Waals surface area contributed by atoms with Crippen LogP contribution in [-0.2, 0) is 6.42 Å². The molecule has 2 fully saturated rings. The van der Waals surface area contributed by atoms with E-state index in [-0.39, 0.29) is 0 Å². The van der Waals surface area contributed by atoms with Crippen molar-refractivity contribution in [2.24, 2.45) is 0 Å². The van der Waals surface area contributed by atoms with Crippen molar-refractivity contribution < 1.29 is 0 Å². The normalized spacial score (nSPS) is 23.0. The Kier molecular flexibility index (Phi) is 4.71.